The highest BCUT2D eigenvalue weighted by molar-refractivity contribution is 5.72. The van der Waals surface area contributed by atoms with Crippen molar-refractivity contribution in [2.45, 2.75) is 0 Å². The van der Waals surface area contributed by atoms with Gasteiger partial charge in [-0.15, -0.1) is 0 Å². The summed E-state index contributed by atoms with van der Waals surface area (Å²) in [5.41, 5.74) is 2.02. The normalized spacial score (nSPS) is 10.7. The third-order valence-electron chi connectivity index (χ3n) is 3.22. The molecule has 0 aliphatic carbocycles. The van der Waals surface area contributed by atoms with Crippen molar-refractivity contribution in [1.82, 2.24) is 9.78 Å². The summed E-state index contributed by atoms with van der Waals surface area (Å²) in [7, 11) is 3.34. The minimum absolute atomic E-state index is 0.186. The lowest BCUT2D eigenvalue weighted by Crippen LogP contribution is -2.52. The molecule has 0 aliphatic rings. The van der Waals surface area contributed by atoms with E-state index < -0.39 is 0 Å². The Labute approximate surface area is 115 Å². The van der Waals surface area contributed by atoms with Gasteiger partial charge in [0.15, 0.2) is 16.7 Å². The van der Waals surface area contributed by atoms with E-state index >= 15 is 0 Å². The highest BCUT2D eigenvalue weighted by Crippen LogP contribution is 2.15. The van der Waals surface area contributed by atoms with Gasteiger partial charge in [0.2, 0.25) is 0 Å². The zero-order valence-electron chi connectivity index (χ0n) is 11.3. The molecule has 1 aromatic heterocycles. The topological polar surface area (TPSA) is 48.0 Å². The largest absolute Gasteiger partial charge is 0.524 e. The second kappa shape index (κ2) is 4.77. The molecule has 3 aromatic rings. The van der Waals surface area contributed by atoms with Crippen molar-refractivity contribution in [2.75, 3.05) is 7.11 Å². The van der Waals surface area contributed by atoms with E-state index in [1.54, 1.807) is 18.7 Å². The van der Waals surface area contributed by atoms with Gasteiger partial charge in [-0.05, 0) is 24.3 Å². The molecule has 0 spiro atoms. The quantitative estimate of drug-likeness (QED) is 0.657. The summed E-state index contributed by atoms with van der Waals surface area (Å²) in [4.78, 5) is 12.4. The van der Waals surface area contributed by atoms with Crippen LogP contribution in [0.2, 0.25) is 0 Å². The van der Waals surface area contributed by atoms with Gasteiger partial charge in [0.05, 0.1) is 14.2 Å². The molecule has 0 N–H and O–H groups in total. The number of rotatable bonds is 2. The molecule has 5 heteroatoms. The SMILES string of the molecule is COc1ccc2c(c1)nn(-c1ccccc1)c(=O)[n+]2C. The lowest BCUT2D eigenvalue weighted by atomic mass is 10.3. The number of para-hydroxylation sites is 1. The molecule has 0 radical (unpaired) electrons. The van der Waals surface area contributed by atoms with Gasteiger partial charge in [-0.1, -0.05) is 28.0 Å². The lowest BCUT2D eigenvalue weighted by Gasteiger charge is -2.03. The molecule has 3 rings (SSSR count). The lowest BCUT2D eigenvalue weighted by molar-refractivity contribution is -0.665. The zero-order chi connectivity index (χ0) is 14.1. The molecule has 20 heavy (non-hydrogen) atoms. The molecule has 0 atom stereocenters. The fourth-order valence-electron chi connectivity index (χ4n) is 2.13. The van der Waals surface area contributed by atoms with Crippen LogP contribution in [0, 0.1) is 0 Å². The Morgan fingerprint density at radius 1 is 1.15 bits per heavy atom. The first-order valence-corrected chi connectivity index (χ1v) is 6.23. The van der Waals surface area contributed by atoms with Crippen molar-refractivity contribution in [3.63, 3.8) is 0 Å². The molecule has 0 saturated carbocycles. The van der Waals surface area contributed by atoms with E-state index in [4.69, 9.17) is 4.74 Å². The number of hydrogen-bond acceptors (Lipinski definition) is 3. The molecular weight excluding hydrogens is 254 g/mol. The minimum atomic E-state index is -0.186. The first-order chi connectivity index (χ1) is 9.70. The molecule has 100 valence electrons. The maximum absolute atomic E-state index is 12.4. The van der Waals surface area contributed by atoms with Crippen LogP contribution in [0.3, 0.4) is 0 Å². The maximum Gasteiger partial charge on any atom is 0.524 e. The Morgan fingerprint density at radius 3 is 2.60 bits per heavy atom. The molecular formula is C15H14N3O2+. The summed E-state index contributed by atoms with van der Waals surface area (Å²) in [5.74, 6) is 0.711. The second-order valence-corrected chi connectivity index (χ2v) is 4.44. The van der Waals surface area contributed by atoms with Crippen LogP contribution in [-0.4, -0.2) is 16.9 Å². The van der Waals surface area contributed by atoms with Crippen LogP contribution in [0.5, 0.6) is 5.75 Å². The average molecular weight is 268 g/mol. The van der Waals surface area contributed by atoms with Crippen molar-refractivity contribution in [3.05, 3.63) is 59.0 Å². The Bertz CT molecular complexity index is 826. The molecule has 0 unspecified atom stereocenters. The Hall–Kier alpha value is -2.69. The van der Waals surface area contributed by atoms with Gasteiger partial charge in [-0.2, -0.15) is 9.36 Å². The first kappa shape index (κ1) is 12.3. The Balaban J connectivity index is 2.34. The van der Waals surface area contributed by atoms with Crippen molar-refractivity contribution >= 4 is 11.0 Å². The number of fused-ring (bicyclic) bond motifs is 1. The number of nitrogens with zero attached hydrogens (tertiary/aromatic N) is 3. The maximum atomic E-state index is 12.4. The molecule has 0 fully saturated rings. The van der Waals surface area contributed by atoms with Crippen LogP contribution in [-0.2, 0) is 7.05 Å². The number of ether oxygens (including phenoxy) is 1. The van der Waals surface area contributed by atoms with Gasteiger partial charge < -0.3 is 4.74 Å². The number of aryl methyl sites for hydroxylation is 1. The summed E-state index contributed by atoms with van der Waals surface area (Å²) in [6, 6.07) is 14.8. The van der Waals surface area contributed by atoms with E-state index in [-0.39, 0.29) is 5.69 Å². The van der Waals surface area contributed by atoms with E-state index in [0.717, 1.165) is 11.2 Å². The van der Waals surface area contributed by atoms with Gasteiger partial charge >= 0.3 is 5.69 Å². The van der Waals surface area contributed by atoms with Crippen molar-refractivity contribution in [1.29, 1.82) is 0 Å². The standard InChI is InChI=1S/C15H14N3O2/c1-17-14-9-8-12(20-2)10-13(14)16-18(15(17)19)11-6-4-3-5-7-11/h3-10H,1-2H3/q+1. The predicted octanol–water partition coefficient (Wildman–Crippen LogP) is 1.22. The summed E-state index contributed by atoms with van der Waals surface area (Å²) in [6.45, 7) is 0. The van der Waals surface area contributed by atoms with Gasteiger partial charge in [-0.25, -0.2) is 0 Å². The van der Waals surface area contributed by atoms with Crippen LogP contribution >= 0.6 is 0 Å². The second-order valence-electron chi connectivity index (χ2n) is 4.44. The summed E-state index contributed by atoms with van der Waals surface area (Å²) < 4.78 is 8.17. The van der Waals surface area contributed by atoms with E-state index in [2.05, 4.69) is 5.10 Å². The number of benzene rings is 2. The zero-order valence-corrected chi connectivity index (χ0v) is 11.3. The number of hydrogen-bond donors (Lipinski definition) is 0. The van der Waals surface area contributed by atoms with E-state index in [1.165, 1.54) is 4.68 Å². The predicted molar refractivity (Wildman–Crippen MR) is 75.1 cm³/mol. The first-order valence-electron chi connectivity index (χ1n) is 6.23. The van der Waals surface area contributed by atoms with Crippen LogP contribution < -0.4 is 15.0 Å². The number of aromatic nitrogens is 3. The molecule has 5 nitrogen and oxygen atoms in total. The monoisotopic (exact) mass is 268 g/mol. The molecule has 0 amide bonds. The molecule has 0 aliphatic heterocycles. The highest BCUT2D eigenvalue weighted by atomic mass is 16.5. The third-order valence-corrected chi connectivity index (χ3v) is 3.22. The summed E-state index contributed by atoms with van der Waals surface area (Å²) in [5, 5.41) is 4.42. The van der Waals surface area contributed by atoms with Crippen molar-refractivity contribution in [3.8, 4) is 11.4 Å². The average Bonchev–Trinajstić information content (AvgIpc) is 2.51. The number of methoxy groups -OCH3 is 1. The van der Waals surface area contributed by atoms with E-state index in [9.17, 15) is 4.79 Å². The fourth-order valence-corrected chi connectivity index (χ4v) is 2.13. The molecule has 1 heterocycles. The Kier molecular flexibility index (Phi) is 2.95. The molecule has 2 aromatic carbocycles. The summed E-state index contributed by atoms with van der Waals surface area (Å²) in [6.07, 6.45) is 0. The van der Waals surface area contributed by atoms with Crippen LogP contribution in [0.4, 0.5) is 0 Å². The molecule has 0 bridgehead atoms. The third kappa shape index (κ3) is 1.93. The highest BCUT2D eigenvalue weighted by Gasteiger charge is 2.17. The van der Waals surface area contributed by atoms with Gasteiger partial charge in [0, 0.05) is 6.07 Å². The van der Waals surface area contributed by atoms with Crippen LogP contribution in [0.15, 0.2) is 53.3 Å². The van der Waals surface area contributed by atoms with Gasteiger partial charge in [-0.3, -0.25) is 0 Å². The Morgan fingerprint density at radius 2 is 1.90 bits per heavy atom. The smallest absolute Gasteiger partial charge is 0.497 e. The molecule has 0 saturated heterocycles. The van der Waals surface area contributed by atoms with Crippen molar-refractivity contribution in [2.24, 2.45) is 7.05 Å². The summed E-state index contributed by atoms with van der Waals surface area (Å²) >= 11 is 0. The van der Waals surface area contributed by atoms with Crippen LogP contribution in [0.1, 0.15) is 0 Å². The van der Waals surface area contributed by atoms with Gasteiger partial charge in [0.25, 0.3) is 0 Å². The van der Waals surface area contributed by atoms with Crippen molar-refractivity contribution < 1.29 is 9.30 Å². The fraction of sp³-hybridized carbons (Fsp3) is 0.133. The van der Waals surface area contributed by atoms with E-state index in [0.29, 0.717) is 11.3 Å². The van der Waals surface area contributed by atoms with E-state index in [1.807, 2.05) is 48.5 Å². The minimum Gasteiger partial charge on any atom is -0.497 e. The van der Waals surface area contributed by atoms with Gasteiger partial charge in [0.1, 0.15) is 5.75 Å². The van der Waals surface area contributed by atoms with Crippen LogP contribution in [0.25, 0.3) is 16.7 Å².